The van der Waals surface area contributed by atoms with Crippen LogP contribution in [0.1, 0.15) is 12.5 Å². The molecule has 102 valence electrons. The number of methoxy groups -OCH3 is 2. The third kappa shape index (κ3) is 4.74. The number of ether oxygens (including phenoxy) is 4. The van der Waals surface area contributed by atoms with Gasteiger partial charge in [-0.25, -0.2) is 0 Å². The van der Waals surface area contributed by atoms with Crippen LogP contribution >= 0.6 is 0 Å². The highest BCUT2D eigenvalue weighted by Gasteiger charge is 2.28. The number of rotatable bonds is 9. The van der Waals surface area contributed by atoms with E-state index in [1.54, 1.807) is 14.2 Å². The van der Waals surface area contributed by atoms with Crippen molar-refractivity contribution in [2.45, 2.75) is 12.7 Å². The lowest BCUT2D eigenvalue weighted by Crippen LogP contribution is -2.32. The van der Waals surface area contributed by atoms with Crippen LogP contribution < -0.4 is 0 Å². The van der Waals surface area contributed by atoms with Crippen LogP contribution in [0.4, 0.5) is 0 Å². The van der Waals surface area contributed by atoms with Crippen LogP contribution in [-0.4, -0.2) is 40.6 Å². The molecule has 0 N–H and O–H groups in total. The second kappa shape index (κ2) is 8.21. The molecule has 0 saturated heterocycles. The molecule has 4 heteroatoms. The van der Waals surface area contributed by atoms with Crippen LogP contribution in [0.25, 0.3) is 0 Å². The standard InChI is InChI=1S/C14H22O4/c1-14(17-11-9-15-2,18-12-10-16-3)13-7-5-4-6-8-13/h4-8H,9-12H2,1-3H3. The molecule has 0 aliphatic rings. The first kappa shape index (κ1) is 15.1. The van der Waals surface area contributed by atoms with Crippen LogP contribution in [0.2, 0.25) is 0 Å². The maximum atomic E-state index is 5.80. The van der Waals surface area contributed by atoms with E-state index in [1.165, 1.54) is 0 Å². The molecule has 1 rings (SSSR count). The fraction of sp³-hybridized carbons (Fsp3) is 0.571. The van der Waals surface area contributed by atoms with E-state index < -0.39 is 5.79 Å². The molecule has 0 atom stereocenters. The Labute approximate surface area is 109 Å². The van der Waals surface area contributed by atoms with Gasteiger partial charge in [-0.2, -0.15) is 0 Å². The van der Waals surface area contributed by atoms with Crippen LogP contribution in [0.3, 0.4) is 0 Å². The van der Waals surface area contributed by atoms with E-state index >= 15 is 0 Å². The van der Waals surface area contributed by atoms with Gasteiger partial charge >= 0.3 is 0 Å². The zero-order valence-corrected chi connectivity index (χ0v) is 11.3. The monoisotopic (exact) mass is 254 g/mol. The van der Waals surface area contributed by atoms with Gasteiger partial charge in [0.15, 0.2) is 5.79 Å². The van der Waals surface area contributed by atoms with E-state index in [4.69, 9.17) is 18.9 Å². The van der Waals surface area contributed by atoms with Crippen LogP contribution in [0, 0.1) is 0 Å². The van der Waals surface area contributed by atoms with Crippen molar-refractivity contribution in [3.05, 3.63) is 35.9 Å². The maximum Gasteiger partial charge on any atom is 0.192 e. The van der Waals surface area contributed by atoms with Crippen molar-refractivity contribution in [2.75, 3.05) is 40.6 Å². The summed E-state index contributed by atoms with van der Waals surface area (Å²) in [5.74, 6) is -0.766. The second-order valence-corrected chi connectivity index (χ2v) is 3.99. The Kier molecular flexibility index (Phi) is 6.90. The molecule has 0 saturated carbocycles. The first-order valence-corrected chi connectivity index (χ1v) is 6.04. The third-order valence-electron chi connectivity index (χ3n) is 2.63. The van der Waals surface area contributed by atoms with Gasteiger partial charge in [-0.1, -0.05) is 30.3 Å². The van der Waals surface area contributed by atoms with E-state index in [2.05, 4.69) is 0 Å². The normalized spacial score (nSPS) is 11.7. The molecule has 0 aliphatic heterocycles. The van der Waals surface area contributed by atoms with Gasteiger partial charge in [-0.05, 0) is 6.92 Å². The van der Waals surface area contributed by atoms with E-state index in [1.807, 2.05) is 37.3 Å². The number of hydrogen-bond donors (Lipinski definition) is 0. The van der Waals surface area contributed by atoms with Crippen molar-refractivity contribution in [3.8, 4) is 0 Å². The minimum absolute atomic E-state index is 0.481. The Morgan fingerprint density at radius 2 is 1.33 bits per heavy atom. The lowest BCUT2D eigenvalue weighted by atomic mass is 10.1. The molecule has 0 unspecified atom stereocenters. The van der Waals surface area contributed by atoms with Gasteiger partial charge < -0.3 is 18.9 Å². The topological polar surface area (TPSA) is 36.9 Å². The zero-order valence-electron chi connectivity index (χ0n) is 11.3. The fourth-order valence-corrected chi connectivity index (χ4v) is 1.59. The Hall–Kier alpha value is -0.940. The Bertz CT molecular complexity index is 303. The summed E-state index contributed by atoms with van der Waals surface area (Å²) < 4.78 is 21.6. The maximum absolute atomic E-state index is 5.80. The molecule has 0 fully saturated rings. The molecule has 0 heterocycles. The van der Waals surface area contributed by atoms with Crippen LogP contribution in [0.15, 0.2) is 30.3 Å². The van der Waals surface area contributed by atoms with Gasteiger partial charge in [0.2, 0.25) is 0 Å². The first-order chi connectivity index (χ1) is 8.73. The Morgan fingerprint density at radius 3 is 1.78 bits per heavy atom. The molecule has 0 bridgehead atoms. The average molecular weight is 254 g/mol. The van der Waals surface area contributed by atoms with E-state index in [0.717, 1.165) is 5.56 Å². The van der Waals surface area contributed by atoms with Crippen molar-refractivity contribution in [1.82, 2.24) is 0 Å². The smallest absolute Gasteiger partial charge is 0.192 e. The SMILES string of the molecule is COCCOC(C)(OCCOC)c1ccccc1. The van der Waals surface area contributed by atoms with Crippen molar-refractivity contribution in [2.24, 2.45) is 0 Å². The molecule has 0 aromatic heterocycles. The molecule has 0 spiro atoms. The van der Waals surface area contributed by atoms with Gasteiger partial charge in [-0.3, -0.25) is 0 Å². The minimum Gasteiger partial charge on any atom is -0.382 e. The summed E-state index contributed by atoms with van der Waals surface area (Å²) in [6.07, 6.45) is 0. The summed E-state index contributed by atoms with van der Waals surface area (Å²) >= 11 is 0. The molecule has 0 amide bonds. The quantitative estimate of drug-likeness (QED) is 0.500. The van der Waals surface area contributed by atoms with E-state index in [9.17, 15) is 0 Å². The van der Waals surface area contributed by atoms with Crippen molar-refractivity contribution < 1.29 is 18.9 Å². The first-order valence-electron chi connectivity index (χ1n) is 6.04. The lowest BCUT2D eigenvalue weighted by Gasteiger charge is -2.30. The van der Waals surface area contributed by atoms with Gasteiger partial charge in [0.25, 0.3) is 0 Å². The average Bonchev–Trinajstić information content (AvgIpc) is 2.40. The summed E-state index contributed by atoms with van der Waals surface area (Å²) in [6.45, 7) is 3.95. The Morgan fingerprint density at radius 1 is 0.833 bits per heavy atom. The summed E-state index contributed by atoms with van der Waals surface area (Å²) in [7, 11) is 3.30. The predicted molar refractivity (Wildman–Crippen MR) is 69.5 cm³/mol. The van der Waals surface area contributed by atoms with E-state index in [0.29, 0.717) is 26.4 Å². The van der Waals surface area contributed by atoms with Crippen molar-refractivity contribution >= 4 is 0 Å². The molecule has 1 aromatic rings. The molecule has 0 aliphatic carbocycles. The largest absolute Gasteiger partial charge is 0.382 e. The summed E-state index contributed by atoms with van der Waals surface area (Å²) in [5, 5.41) is 0. The predicted octanol–water partition coefficient (Wildman–Crippen LogP) is 2.19. The number of hydrogen-bond acceptors (Lipinski definition) is 4. The highest BCUT2D eigenvalue weighted by molar-refractivity contribution is 5.19. The minimum atomic E-state index is -0.766. The molecule has 0 radical (unpaired) electrons. The van der Waals surface area contributed by atoms with Crippen molar-refractivity contribution in [3.63, 3.8) is 0 Å². The summed E-state index contributed by atoms with van der Waals surface area (Å²) in [4.78, 5) is 0. The van der Waals surface area contributed by atoms with Gasteiger partial charge in [-0.15, -0.1) is 0 Å². The van der Waals surface area contributed by atoms with Crippen molar-refractivity contribution in [1.29, 1.82) is 0 Å². The highest BCUT2D eigenvalue weighted by atomic mass is 16.7. The van der Waals surface area contributed by atoms with E-state index in [-0.39, 0.29) is 0 Å². The third-order valence-corrected chi connectivity index (χ3v) is 2.63. The molecular formula is C14H22O4. The molecule has 18 heavy (non-hydrogen) atoms. The summed E-state index contributed by atoms with van der Waals surface area (Å²) in [6, 6.07) is 9.87. The fourth-order valence-electron chi connectivity index (χ4n) is 1.59. The summed E-state index contributed by atoms with van der Waals surface area (Å²) in [5.41, 5.74) is 0.984. The van der Waals surface area contributed by atoms with Crippen LogP contribution in [-0.2, 0) is 24.7 Å². The number of benzene rings is 1. The highest BCUT2D eigenvalue weighted by Crippen LogP contribution is 2.26. The molecule has 4 nitrogen and oxygen atoms in total. The van der Waals surface area contributed by atoms with Gasteiger partial charge in [0.1, 0.15) is 0 Å². The van der Waals surface area contributed by atoms with Gasteiger partial charge in [0.05, 0.1) is 26.4 Å². The lowest BCUT2D eigenvalue weighted by molar-refractivity contribution is -0.242. The molecule has 1 aromatic carbocycles. The van der Waals surface area contributed by atoms with Gasteiger partial charge in [0, 0.05) is 19.8 Å². The van der Waals surface area contributed by atoms with Crippen LogP contribution in [0.5, 0.6) is 0 Å². The zero-order chi connectivity index (χ0) is 13.3. The second-order valence-electron chi connectivity index (χ2n) is 3.99. The Balaban J connectivity index is 2.67. The molecular weight excluding hydrogens is 232 g/mol.